The fraction of sp³-hybridized carbons (Fsp3) is 0.273. The zero-order valence-electron chi connectivity index (χ0n) is 17.0. The number of nitrogens with zero attached hydrogens (tertiary/aromatic N) is 1. The fourth-order valence-corrected chi connectivity index (χ4v) is 3.29. The molecular weight excluding hydrogens is 391 g/mol. The third kappa shape index (κ3) is 4.22. The molecular formula is C22H21FN2O5. The van der Waals surface area contributed by atoms with Crippen LogP contribution in [0, 0.1) is 12.7 Å². The second-order valence-electron chi connectivity index (χ2n) is 7.60. The second-order valence-corrected chi connectivity index (χ2v) is 7.60. The third-order valence-corrected chi connectivity index (χ3v) is 4.90. The molecule has 0 bridgehead atoms. The van der Waals surface area contributed by atoms with Crippen LogP contribution >= 0.6 is 0 Å². The fourth-order valence-electron chi connectivity index (χ4n) is 3.29. The van der Waals surface area contributed by atoms with Gasteiger partial charge in [-0.3, -0.25) is 9.59 Å². The lowest BCUT2D eigenvalue weighted by Crippen LogP contribution is -2.30. The van der Waals surface area contributed by atoms with Gasteiger partial charge in [0, 0.05) is 28.5 Å². The molecule has 1 aromatic heterocycles. The van der Waals surface area contributed by atoms with Gasteiger partial charge < -0.3 is 14.6 Å². The lowest BCUT2D eigenvalue weighted by Gasteiger charge is -2.26. The number of halogens is 1. The van der Waals surface area contributed by atoms with Crippen molar-refractivity contribution in [2.75, 3.05) is 12.4 Å². The van der Waals surface area contributed by atoms with Gasteiger partial charge in [-0.1, -0.05) is 19.0 Å². The molecule has 0 aliphatic carbocycles. The molecule has 30 heavy (non-hydrogen) atoms. The van der Waals surface area contributed by atoms with Crippen LogP contribution in [0.4, 0.5) is 10.1 Å². The van der Waals surface area contributed by atoms with Crippen molar-refractivity contribution >= 4 is 28.2 Å². The second kappa shape index (κ2) is 8.06. The molecule has 0 atom stereocenters. The first-order valence-electron chi connectivity index (χ1n) is 9.21. The number of methoxy groups -OCH3 is 1. The van der Waals surface area contributed by atoms with E-state index in [1.165, 1.54) is 37.4 Å². The average Bonchev–Trinajstić information content (AvgIpc) is 2.70. The summed E-state index contributed by atoms with van der Waals surface area (Å²) < 4.78 is 23.7. The number of carbonyl (C=O) groups excluding carboxylic acids is 2. The zero-order chi connectivity index (χ0) is 22.1. The van der Waals surface area contributed by atoms with Gasteiger partial charge in [-0.15, -0.1) is 0 Å². The highest BCUT2D eigenvalue weighted by Gasteiger charge is 2.30. The Labute approximate surface area is 171 Å². The Hall–Kier alpha value is -3.55. The molecule has 1 amide bonds. The summed E-state index contributed by atoms with van der Waals surface area (Å²) >= 11 is 0. The van der Waals surface area contributed by atoms with Crippen molar-refractivity contribution in [3.63, 3.8) is 0 Å². The molecule has 1 heterocycles. The topological polar surface area (TPSA) is 98.5 Å². The lowest BCUT2D eigenvalue weighted by atomic mass is 9.79. The number of aryl methyl sites for hydroxylation is 1. The van der Waals surface area contributed by atoms with Gasteiger partial charge in [0.15, 0.2) is 0 Å². The van der Waals surface area contributed by atoms with Crippen LogP contribution < -0.4 is 15.7 Å². The summed E-state index contributed by atoms with van der Waals surface area (Å²) in [5, 5.41) is 7.04. The van der Waals surface area contributed by atoms with Crippen LogP contribution in [0.15, 0.2) is 45.7 Å². The zero-order valence-corrected chi connectivity index (χ0v) is 17.0. The van der Waals surface area contributed by atoms with Crippen molar-refractivity contribution in [1.29, 1.82) is 0 Å². The highest BCUT2D eigenvalue weighted by Crippen LogP contribution is 2.35. The molecule has 2 aromatic carbocycles. The molecule has 0 radical (unpaired) electrons. The van der Waals surface area contributed by atoms with Crippen molar-refractivity contribution in [3.8, 4) is 5.75 Å². The number of rotatable bonds is 6. The number of benzene rings is 2. The number of ketones is 1. The van der Waals surface area contributed by atoms with Gasteiger partial charge in [-0.2, -0.15) is 0 Å². The summed E-state index contributed by atoms with van der Waals surface area (Å²) in [6.45, 7) is 5.14. The predicted molar refractivity (Wildman–Crippen MR) is 109 cm³/mol. The number of fused-ring (bicyclic) bond motifs is 1. The maximum Gasteiger partial charge on any atom is 0.366 e. The van der Waals surface area contributed by atoms with E-state index in [9.17, 15) is 18.8 Å². The summed E-state index contributed by atoms with van der Waals surface area (Å²) in [6.07, 6.45) is -0.156. The van der Waals surface area contributed by atoms with Gasteiger partial charge in [-0.05, 0) is 43.3 Å². The quantitative estimate of drug-likeness (QED) is 0.622. The van der Waals surface area contributed by atoms with Gasteiger partial charge >= 0.3 is 5.63 Å². The highest BCUT2D eigenvalue weighted by molar-refractivity contribution is 6.40. The third-order valence-electron chi connectivity index (χ3n) is 4.90. The van der Waals surface area contributed by atoms with E-state index in [2.05, 4.69) is 15.0 Å². The minimum atomic E-state index is -0.843. The number of hydrogen-bond acceptors (Lipinski definition) is 6. The number of hydrogen-bond donors (Lipinski definition) is 1. The van der Waals surface area contributed by atoms with E-state index < -0.39 is 28.5 Å². The molecule has 0 saturated carbocycles. The van der Waals surface area contributed by atoms with Crippen LogP contribution in [0.25, 0.3) is 10.8 Å². The molecule has 3 aromatic rings. The van der Waals surface area contributed by atoms with Crippen molar-refractivity contribution < 1.29 is 23.2 Å². The number of carbonyl (C=O) groups is 2. The molecule has 156 valence electrons. The molecule has 3 rings (SSSR count). The minimum Gasteiger partial charge on any atom is -0.496 e. The minimum absolute atomic E-state index is 0.156. The number of amides is 1. The monoisotopic (exact) mass is 412 g/mol. The lowest BCUT2D eigenvalue weighted by molar-refractivity contribution is -0.135. The van der Waals surface area contributed by atoms with E-state index in [1.807, 2.05) is 0 Å². The first kappa shape index (κ1) is 21.2. The molecule has 0 spiro atoms. The van der Waals surface area contributed by atoms with E-state index in [4.69, 9.17) is 4.74 Å². The first-order chi connectivity index (χ1) is 14.1. The highest BCUT2D eigenvalue weighted by atomic mass is 19.1. The van der Waals surface area contributed by atoms with Crippen molar-refractivity contribution in [2.45, 2.75) is 32.6 Å². The normalized spacial score (nSPS) is 11.4. The Balaban J connectivity index is 1.80. The molecule has 8 heteroatoms. The van der Waals surface area contributed by atoms with E-state index in [0.717, 1.165) is 0 Å². The molecule has 0 aliphatic rings. The molecule has 1 N–H and O–H groups in total. The Morgan fingerprint density at radius 3 is 2.60 bits per heavy atom. The van der Waals surface area contributed by atoms with Crippen molar-refractivity contribution in [1.82, 2.24) is 5.16 Å². The van der Waals surface area contributed by atoms with E-state index >= 15 is 0 Å². The van der Waals surface area contributed by atoms with Crippen LogP contribution in [-0.4, -0.2) is 24.0 Å². The van der Waals surface area contributed by atoms with Crippen LogP contribution in [0.3, 0.4) is 0 Å². The number of anilines is 1. The molecule has 0 aliphatic heterocycles. The maximum absolute atomic E-state index is 13.7. The van der Waals surface area contributed by atoms with Crippen LogP contribution in [0.1, 0.15) is 31.5 Å². The summed E-state index contributed by atoms with van der Waals surface area (Å²) in [5.41, 5.74) is -0.116. The Morgan fingerprint density at radius 2 is 1.90 bits per heavy atom. The van der Waals surface area contributed by atoms with Gasteiger partial charge in [-0.25, -0.2) is 9.18 Å². The number of ether oxygens (including phenoxy) is 1. The largest absolute Gasteiger partial charge is 0.496 e. The van der Waals surface area contributed by atoms with E-state index in [0.29, 0.717) is 33.5 Å². The average molecular weight is 412 g/mol. The smallest absolute Gasteiger partial charge is 0.366 e. The molecule has 0 fully saturated rings. The SMILES string of the molecule is COc1ccc(F)cc1C(C)(C)CC(=O)C(=O)Nc1ccc2c(=O)onc(C)c2c1. The van der Waals surface area contributed by atoms with Gasteiger partial charge in [0.2, 0.25) is 5.78 Å². The first-order valence-corrected chi connectivity index (χ1v) is 9.21. The van der Waals surface area contributed by atoms with Gasteiger partial charge in [0.25, 0.3) is 5.91 Å². The summed E-state index contributed by atoms with van der Waals surface area (Å²) in [6, 6.07) is 8.61. The maximum atomic E-state index is 13.7. The Bertz CT molecular complexity index is 1200. The number of Topliss-reactive ketones (excluding diaryl/α,β-unsaturated/α-hetero) is 1. The number of aromatic nitrogens is 1. The van der Waals surface area contributed by atoms with Crippen molar-refractivity contribution in [2.24, 2.45) is 0 Å². The summed E-state index contributed by atoms with van der Waals surface area (Å²) in [5.74, 6) is -1.51. The van der Waals surface area contributed by atoms with Gasteiger partial charge in [0.05, 0.1) is 18.2 Å². The van der Waals surface area contributed by atoms with Crippen molar-refractivity contribution in [3.05, 3.63) is 63.9 Å². The van der Waals surface area contributed by atoms with Crippen LogP contribution in [0.5, 0.6) is 5.75 Å². The van der Waals surface area contributed by atoms with E-state index in [-0.39, 0.29) is 6.42 Å². The Kier molecular flexibility index (Phi) is 5.69. The predicted octanol–water partition coefficient (Wildman–Crippen LogP) is 3.52. The summed E-state index contributed by atoms with van der Waals surface area (Å²) in [7, 11) is 1.46. The Morgan fingerprint density at radius 1 is 1.17 bits per heavy atom. The molecule has 0 saturated heterocycles. The standard InChI is InChI=1S/C22H21FN2O5/c1-12-16-10-14(6-7-15(16)21(28)30-25-12)24-20(27)18(26)11-22(2,3)17-9-13(23)5-8-19(17)29-4/h5-10H,11H2,1-4H3,(H,24,27). The van der Waals surface area contributed by atoms with E-state index in [1.54, 1.807) is 26.8 Å². The van der Waals surface area contributed by atoms with Crippen LogP contribution in [0.2, 0.25) is 0 Å². The van der Waals surface area contributed by atoms with Gasteiger partial charge in [0.1, 0.15) is 11.6 Å². The molecule has 7 nitrogen and oxygen atoms in total. The number of nitrogens with one attached hydrogen (secondary N) is 1. The summed E-state index contributed by atoms with van der Waals surface area (Å²) in [4.78, 5) is 36.8. The van der Waals surface area contributed by atoms with Crippen LogP contribution in [-0.2, 0) is 15.0 Å². The molecule has 0 unspecified atom stereocenters.